The highest BCUT2D eigenvalue weighted by atomic mass is 15.3. The maximum absolute atomic E-state index is 4.51. The van der Waals surface area contributed by atoms with Crippen molar-refractivity contribution in [3.63, 3.8) is 0 Å². The third-order valence-electron chi connectivity index (χ3n) is 2.93. The fourth-order valence-corrected chi connectivity index (χ4v) is 1.97. The predicted octanol–water partition coefficient (Wildman–Crippen LogP) is 1.77. The monoisotopic (exact) mass is 262 g/mol. The average Bonchev–Trinajstić information content (AvgIpc) is 2.93. The average molecular weight is 262 g/mol. The summed E-state index contributed by atoms with van der Waals surface area (Å²) in [5, 5.41) is 7.62. The standard InChI is InChI=1S/C13H22N6/c1-4-5-8-19-9-11(2)16-13(19)14-7-6-12-15-10-18(3)17-12/h9-10H,4-8H2,1-3H3,(H,14,16). The molecule has 6 nitrogen and oxygen atoms in total. The molecule has 0 saturated heterocycles. The molecule has 2 aromatic rings. The first-order valence-electron chi connectivity index (χ1n) is 6.81. The second-order valence-corrected chi connectivity index (χ2v) is 4.76. The van der Waals surface area contributed by atoms with Gasteiger partial charge in [-0.1, -0.05) is 13.3 Å². The summed E-state index contributed by atoms with van der Waals surface area (Å²) in [6, 6.07) is 0. The van der Waals surface area contributed by atoms with E-state index in [0.29, 0.717) is 0 Å². The Morgan fingerprint density at radius 1 is 1.37 bits per heavy atom. The summed E-state index contributed by atoms with van der Waals surface area (Å²) >= 11 is 0. The summed E-state index contributed by atoms with van der Waals surface area (Å²) in [5.74, 6) is 1.81. The van der Waals surface area contributed by atoms with E-state index in [9.17, 15) is 0 Å². The van der Waals surface area contributed by atoms with Gasteiger partial charge < -0.3 is 9.88 Å². The van der Waals surface area contributed by atoms with Gasteiger partial charge in [-0.25, -0.2) is 9.97 Å². The van der Waals surface area contributed by atoms with Crippen molar-refractivity contribution in [1.82, 2.24) is 24.3 Å². The van der Waals surface area contributed by atoms with Crippen molar-refractivity contribution >= 4 is 5.95 Å². The van der Waals surface area contributed by atoms with Gasteiger partial charge in [-0.2, -0.15) is 5.10 Å². The SMILES string of the molecule is CCCCn1cc(C)nc1NCCc1ncn(C)n1. The van der Waals surface area contributed by atoms with Crippen molar-refractivity contribution in [2.75, 3.05) is 11.9 Å². The zero-order valence-electron chi connectivity index (χ0n) is 11.9. The molecule has 2 rings (SSSR count). The third kappa shape index (κ3) is 3.81. The maximum Gasteiger partial charge on any atom is 0.203 e. The van der Waals surface area contributed by atoms with Crippen molar-refractivity contribution in [1.29, 1.82) is 0 Å². The van der Waals surface area contributed by atoms with Gasteiger partial charge in [0.15, 0.2) is 5.82 Å². The smallest absolute Gasteiger partial charge is 0.203 e. The van der Waals surface area contributed by atoms with Gasteiger partial charge in [0, 0.05) is 32.8 Å². The molecule has 2 aromatic heterocycles. The lowest BCUT2D eigenvalue weighted by Gasteiger charge is -2.08. The van der Waals surface area contributed by atoms with Crippen LogP contribution in [-0.4, -0.2) is 30.9 Å². The number of nitrogens with one attached hydrogen (secondary N) is 1. The number of hydrogen-bond donors (Lipinski definition) is 1. The molecule has 0 aliphatic heterocycles. The Hall–Kier alpha value is -1.85. The van der Waals surface area contributed by atoms with Crippen LogP contribution in [-0.2, 0) is 20.0 Å². The number of nitrogens with zero attached hydrogens (tertiary/aromatic N) is 5. The van der Waals surface area contributed by atoms with Crippen LogP contribution in [0, 0.1) is 6.92 Å². The van der Waals surface area contributed by atoms with Gasteiger partial charge in [-0.05, 0) is 13.3 Å². The molecule has 0 fully saturated rings. The fraction of sp³-hybridized carbons (Fsp3) is 0.615. The van der Waals surface area contributed by atoms with E-state index in [1.807, 2.05) is 14.0 Å². The summed E-state index contributed by atoms with van der Waals surface area (Å²) in [5.41, 5.74) is 1.05. The first-order chi connectivity index (χ1) is 9.19. The minimum absolute atomic E-state index is 0.798. The van der Waals surface area contributed by atoms with Gasteiger partial charge in [0.1, 0.15) is 6.33 Å². The molecule has 0 aliphatic carbocycles. The quantitative estimate of drug-likeness (QED) is 0.826. The molecule has 0 unspecified atom stereocenters. The van der Waals surface area contributed by atoms with Crippen molar-refractivity contribution < 1.29 is 0 Å². The Kier molecular flexibility index (Phi) is 4.54. The van der Waals surface area contributed by atoms with Crippen LogP contribution in [0.1, 0.15) is 31.3 Å². The van der Waals surface area contributed by atoms with Gasteiger partial charge in [0.05, 0.1) is 5.69 Å². The molecule has 0 spiro atoms. The molecule has 6 heteroatoms. The predicted molar refractivity (Wildman–Crippen MR) is 75.1 cm³/mol. The van der Waals surface area contributed by atoms with Crippen LogP contribution in [0.2, 0.25) is 0 Å². The Morgan fingerprint density at radius 3 is 2.89 bits per heavy atom. The van der Waals surface area contributed by atoms with Crippen LogP contribution in [0.5, 0.6) is 0 Å². The number of aryl methyl sites for hydroxylation is 3. The van der Waals surface area contributed by atoms with Crippen LogP contribution in [0.4, 0.5) is 5.95 Å². The number of unbranched alkanes of at least 4 members (excludes halogenated alkanes) is 1. The molecular weight excluding hydrogens is 240 g/mol. The zero-order valence-corrected chi connectivity index (χ0v) is 11.9. The molecule has 0 aromatic carbocycles. The maximum atomic E-state index is 4.51. The lowest BCUT2D eigenvalue weighted by Crippen LogP contribution is -2.11. The normalized spacial score (nSPS) is 10.9. The van der Waals surface area contributed by atoms with Crippen LogP contribution >= 0.6 is 0 Å². The van der Waals surface area contributed by atoms with E-state index in [4.69, 9.17) is 0 Å². The van der Waals surface area contributed by atoms with Gasteiger partial charge in [-0.3, -0.25) is 4.68 Å². The summed E-state index contributed by atoms with van der Waals surface area (Å²) in [7, 11) is 1.88. The summed E-state index contributed by atoms with van der Waals surface area (Å²) in [6.45, 7) is 6.03. The van der Waals surface area contributed by atoms with E-state index < -0.39 is 0 Å². The number of rotatable bonds is 7. The topological polar surface area (TPSA) is 60.6 Å². The second-order valence-electron chi connectivity index (χ2n) is 4.76. The van der Waals surface area contributed by atoms with E-state index >= 15 is 0 Å². The number of aromatic nitrogens is 5. The minimum Gasteiger partial charge on any atom is -0.355 e. The molecule has 1 N–H and O–H groups in total. The Morgan fingerprint density at radius 2 is 2.21 bits per heavy atom. The molecule has 0 bridgehead atoms. The molecule has 104 valence electrons. The highest BCUT2D eigenvalue weighted by Gasteiger charge is 2.05. The van der Waals surface area contributed by atoms with E-state index in [1.54, 1.807) is 11.0 Å². The van der Waals surface area contributed by atoms with Crippen molar-refractivity contribution in [2.24, 2.45) is 7.05 Å². The van der Waals surface area contributed by atoms with Gasteiger partial charge in [0.25, 0.3) is 0 Å². The fourth-order valence-electron chi connectivity index (χ4n) is 1.97. The summed E-state index contributed by atoms with van der Waals surface area (Å²) in [4.78, 5) is 8.71. The van der Waals surface area contributed by atoms with E-state index in [1.165, 1.54) is 12.8 Å². The van der Waals surface area contributed by atoms with Crippen LogP contribution in [0.15, 0.2) is 12.5 Å². The number of imidazole rings is 1. The molecule has 0 amide bonds. The Labute approximate surface area is 113 Å². The summed E-state index contributed by atoms with van der Waals surface area (Å²) in [6.07, 6.45) is 6.99. The largest absolute Gasteiger partial charge is 0.355 e. The first kappa shape index (κ1) is 13.6. The number of hydrogen-bond acceptors (Lipinski definition) is 4. The van der Waals surface area contributed by atoms with Crippen LogP contribution in [0.25, 0.3) is 0 Å². The van der Waals surface area contributed by atoms with Crippen LogP contribution in [0.3, 0.4) is 0 Å². The molecule has 0 aliphatic rings. The lowest BCUT2D eigenvalue weighted by atomic mass is 10.3. The van der Waals surface area contributed by atoms with E-state index in [2.05, 4.69) is 38.1 Å². The van der Waals surface area contributed by atoms with E-state index in [0.717, 1.165) is 37.0 Å². The first-order valence-corrected chi connectivity index (χ1v) is 6.81. The van der Waals surface area contributed by atoms with Gasteiger partial charge >= 0.3 is 0 Å². The number of anilines is 1. The molecule has 0 radical (unpaired) electrons. The highest BCUT2D eigenvalue weighted by molar-refractivity contribution is 5.28. The Bertz CT molecular complexity index is 513. The van der Waals surface area contributed by atoms with Gasteiger partial charge in [-0.15, -0.1) is 0 Å². The van der Waals surface area contributed by atoms with Crippen LogP contribution < -0.4 is 5.32 Å². The Balaban J connectivity index is 1.88. The van der Waals surface area contributed by atoms with Gasteiger partial charge in [0.2, 0.25) is 5.95 Å². The minimum atomic E-state index is 0.798. The van der Waals surface area contributed by atoms with Crippen molar-refractivity contribution in [3.8, 4) is 0 Å². The second kappa shape index (κ2) is 6.36. The van der Waals surface area contributed by atoms with Crippen molar-refractivity contribution in [3.05, 3.63) is 24.0 Å². The third-order valence-corrected chi connectivity index (χ3v) is 2.93. The van der Waals surface area contributed by atoms with E-state index in [-0.39, 0.29) is 0 Å². The molecule has 0 atom stereocenters. The molecule has 2 heterocycles. The van der Waals surface area contributed by atoms with Crippen molar-refractivity contribution in [2.45, 2.75) is 39.7 Å². The molecular formula is C13H22N6. The summed E-state index contributed by atoms with van der Waals surface area (Å²) < 4.78 is 3.91. The molecule has 0 saturated carbocycles. The molecule has 19 heavy (non-hydrogen) atoms. The zero-order chi connectivity index (χ0) is 13.7. The highest BCUT2D eigenvalue weighted by Crippen LogP contribution is 2.10. The lowest BCUT2D eigenvalue weighted by molar-refractivity contribution is 0.634.